The van der Waals surface area contributed by atoms with Gasteiger partial charge in [0, 0.05) is 25.3 Å². The molecular weight excluding hydrogens is 444 g/mol. The maximum Gasteiger partial charge on any atom is 0.502 e. The van der Waals surface area contributed by atoms with Crippen molar-refractivity contribution < 1.29 is 27.8 Å². The van der Waals surface area contributed by atoms with Gasteiger partial charge in [-0.2, -0.15) is 0 Å². The number of benzene rings is 1. The van der Waals surface area contributed by atoms with Crippen molar-refractivity contribution in [1.82, 2.24) is 10.0 Å². The van der Waals surface area contributed by atoms with Crippen molar-refractivity contribution in [1.29, 1.82) is 0 Å². The van der Waals surface area contributed by atoms with Crippen molar-refractivity contribution in [3.63, 3.8) is 0 Å². The number of hydrogen-bond donors (Lipinski definition) is 2. The zero-order chi connectivity index (χ0) is 23.4. The highest BCUT2D eigenvalue weighted by Crippen LogP contribution is 2.34. The highest BCUT2D eigenvalue weighted by atomic mass is 32.2. The Morgan fingerprint density at radius 2 is 1.72 bits per heavy atom. The topological polar surface area (TPSA) is 171 Å². The van der Waals surface area contributed by atoms with Crippen molar-refractivity contribution >= 4 is 15.9 Å². The third-order valence-corrected chi connectivity index (χ3v) is 6.85. The number of sulfonamides is 1. The summed E-state index contributed by atoms with van der Waals surface area (Å²) in [6, 6.07) is 7.47. The summed E-state index contributed by atoms with van der Waals surface area (Å²) in [7, 11) is -4.56. The molecule has 0 radical (unpaired) electrons. The number of carbonyl (C=O) groups is 1. The Balaban J connectivity index is 1.87. The van der Waals surface area contributed by atoms with E-state index >= 15 is 0 Å². The highest BCUT2D eigenvalue weighted by Gasteiger charge is 2.63. The number of amides is 1. The van der Waals surface area contributed by atoms with Gasteiger partial charge in [0.25, 0.3) is 15.9 Å². The van der Waals surface area contributed by atoms with E-state index in [-0.39, 0.29) is 23.7 Å². The average Bonchev–Trinajstić information content (AvgIpc) is 2.78. The SMILES string of the molecule is O=C(NS(=O)(=O)C1=CC=C(NCC2CCOCC2)C([N+](=O)[O-])([N+](=O)[O-])C1)c1ccccc1. The smallest absolute Gasteiger partial charge is 0.381 e. The molecule has 1 fully saturated rings. The van der Waals surface area contributed by atoms with Gasteiger partial charge in [0.15, 0.2) is 5.70 Å². The lowest BCUT2D eigenvalue weighted by Gasteiger charge is -2.27. The van der Waals surface area contributed by atoms with Gasteiger partial charge in [-0.3, -0.25) is 25.0 Å². The highest BCUT2D eigenvalue weighted by molar-refractivity contribution is 7.93. The standard InChI is InChI=1S/C19H22N4O8S/c24-18(15-4-2-1-3-5-15)21-32(29,30)16-6-7-17(19(12-16,22(25)26)23(27)28)20-13-14-8-10-31-11-9-14/h1-7,14,20H,8-13H2,(H,21,24). The molecule has 172 valence electrons. The molecule has 0 atom stereocenters. The molecule has 12 nitrogen and oxygen atoms in total. The van der Waals surface area contributed by atoms with Crippen LogP contribution in [0.2, 0.25) is 0 Å². The zero-order valence-electron chi connectivity index (χ0n) is 16.9. The van der Waals surface area contributed by atoms with Gasteiger partial charge in [0.2, 0.25) is 0 Å². The van der Waals surface area contributed by atoms with E-state index in [4.69, 9.17) is 4.74 Å². The first kappa shape index (κ1) is 23.3. The van der Waals surface area contributed by atoms with Crippen LogP contribution in [-0.2, 0) is 14.8 Å². The van der Waals surface area contributed by atoms with Crippen LogP contribution < -0.4 is 10.0 Å². The van der Waals surface area contributed by atoms with E-state index in [0.29, 0.717) is 26.1 Å². The molecule has 3 rings (SSSR count). The lowest BCUT2D eigenvalue weighted by molar-refractivity contribution is -0.784. The Hall–Kier alpha value is -3.32. The van der Waals surface area contributed by atoms with Crippen LogP contribution >= 0.6 is 0 Å². The second-order valence-electron chi connectivity index (χ2n) is 7.46. The van der Waals surface area contributed by atoms with Crippen molar-refractivity contribution in [2.24, 2.45) is 5.92 Å². The fourth-order valence-electron chi connectivity index (χ4n) is 3.53. The Kier molecular flexibility index (Phi) is 6.89. The molecule has 1 aromatic rings. The van der Waals surface area contributed by atoms with E-state index in [9.17, 15) is 33.4 Å². The molecule has 1 aliphatic carbocycles. The lowest BCUT2D eigenvalue weighted by atomic mass is 9.95. The predicted molar refractivity (Wildman–Crippen MR) is 112 cm³/mol. The predicted octanol–water partition coefficient (Wildman–Crippen LogP) is 1.18. The molecule has 0 unspecified atom stereocenters. The molecule has 13 heteroatoms. The van der Waals surface area contributed by atoms with E-state index in [1.54, 1.807) is 6.07 Å². The number of carbonyl (C=O) groups excluding carboxylic acids is 1. The van der Waals surface area contributed by atoms with Gasteiger partial charge in [-0.05, 0) is 43.0 Å². The second kappa shape index (κ2) is 9.44. The molecule has 0 bridgehead atoms. The van der Waals surface area contributed by atoms with Crippen LogP contribution in [0.1, 0.15) is 29.6 Å². The van der Waals surface area contributed by atoms with Gasteiger partial charge in [0.05, 0.1) is 4.91 Å². The maximum atomic E-state index is 12.7. The number of allylic oxidation sites excluding steroid dienone is 2. The van der Waals surface area contributed by atoms with Gasteiger partial charge < -0.3 is 10.1 Å². The van der Waals surface area contributed by atoms with Gasteiger partial charge in [-0.15, -0.1) is 0 Å². The van der Waals surface area contributed by atoms with E-state index < -0.39 is 42.8 Å². The first-order valence-corrected chi connectivity index (χ1v) is 11.3. The first-order chi connectivity index (χ1) is 15.2. The van der Waals surface area contributed by atoms with Crippen LogP contribution in [0.3, 0.4) is 0 Å². The van der Waals surface area contributed by atoms with E-state index in [2.05, 4.69) is 5.32 Å². The van der Waals surface area contributed by atoms with Crippen molar-refractivity contribution in [3.8, 4) is 0 Å². The molecule has 1 amide bonds. The molecule has 0 aromatic heterocycles. The number of rotatable bonds is 8. The third kappa shape index (κ3) is 4.78. The summed E-state index contributed by atoms with van der Waals surface area (Å²) in [5.41, 5.74) is -3.18. The molecule has 2 aliphatic rings. The Labute approximate surface area is 183 Å². The second-order valence-corrected chi connectivity index (χ2v) is 9.19. The van der Waals surface area contributed by atoms with E-state index in [0.717, 1.165) is 12.2 Å². The van der Waals surface area contributed by atoms with Crippen LogP contribution in [0.25, 0.3) is 0 Å². The first-order valence-electron chi connectivity index (χ1n) is 9.81. The Morgan fingerprint density at radius 3 is 2.31 bits per heavy atom. The van der Waals surface area contributed by atoms with E-state index in [1.807, 2.05) is 4.72 Å². The Morgan fingerprint density at radius 1 is 1.09 bits per heavy atom. The normalized spacial score (nSPS) is 18.8. The largest absolute Gasteiger partial charge is 0.502 e. The molecule has 1 saturated heterocycles. The fourth-order valence-corrected chi connectivity index (χ4v) is 4.66. The van der Waals surface area contributed by atoms with Gasteiger partial charge in [-0.1, -0.05) is 18.2 Å². The van der Waals surface area contributed by atoms with Crippen LogP contribution in [0.4, 0.5) is 0 Å². The molecule has 1 aromatic carbocycles. The fraction of sp³-hybridized carbons (Fsp3) is 0.421. The summed E-state index contributed by atoms with van der Waals surface area (Å²) in [6.45, 7) is 1.31. The van der Waals surface area contributed by atoms with E-state index in [1.165, 1.54) is 24.3 Å². The Bertz CT molecular complexity index is 1050. The number of hydrogen-bond acceptors (Lipinski definition) is 9. The minimum absolute atomic E-state index is 0.0525. The van der Waals surface area contributed by atoms with Crippen LogP contribution in [0.5, 0.6) is 0 Å². The molecular formula is C19H22N4O8S. The molecule has 32 heavy (non-hydrogen) atoms. The maximum absolute atomic E-state index is 12.7. The summed E-state index contributed by atoms with van der Waals surface area (Å²) >= 11 is 0. The van der Waals surface area contributed by atoms with Gasteiger partial charge in [0.1, 0.15) is 16.3 Å². The summed E-state index contributed by atoms with van der Waals surface area (Å²) in [4.78, 5) is 33.1. The minimum atomic E-state index is -4.56. The monoisotopic (exact) mass is 466 g/mol. The van der Waals surface area contributed by atoms with Crippen LogP contribution in [0.15, 0.2) is 53.1 Å². The molecule has 1 aliphatic heterocycles. The average molecular weight is 466 g/mol. The number of nitro groups is 2. The van der Waals surface area contributed by atoms with Crippen molar-refractivity contribution in [3.05, 3.63) is 78.9 Å². The summed E-state index contributed by atoms with van der Waals surface area (Å²) < 4.78 is 32.5. The van der Waals surface area contributed by atoms with Crippen molar-refractivity contribution in [2.45, 2.75) is 24.9 Å². The third-order valence-electron chi connectivity index (χ3n) is 5.42. The molecule has 1 heterocycles. The van der Waals surface area contributed by atoms with Gasteiger partial charge >= 0.3 is 5.66 Å². The van der Waals surface area contributed by atoms with Crippen molar-refractivity contribution in [2.75, 3.05) is 19.8 Å². The lowest BCUT2D eigenvalue weighted by Crippen LogP contribution is -2.54. The zero-order valence-corrected chi connectivity index (χ0v) is 17.7. The number of nitrogens with zero attached hydrogens (tertiary/aromatic N) is 2. The molecule has 0 spiro atoms. The van der Waals surface area contributed by atoms with Crippen LogP contribution in [-0.4, -0.2) is 49.6 Å². The number of ether oxygens (including phenoxy) is 1. The quantitative estimate of drug-likeness (QED) is 0.324. The summed E-state index contributed by atoms with van der Waals surface area (Å²) in [5.74, 6) is -0.841. The molecule has 0 saturated carbocycles. The summed E-state index contributed by atoms with van der Waals surface area (Å²) in [6.07, 6.45) is 2.42. The summed E-state index contributed by atoms with van der Waals surface area (Å²) in [5, 5.41) is 26.5. The molecule has 2 N–H and O–H groups in total. The minimum Gasteiger partial charge on any atom is -0.381 e. The van der Waals surface area contributed by atoms with Gasteiger partial charge in [-0.25, -0.2) is 13.1 Å². The van der Waals surface area contributed by atoms with Crippen LogP contribution in [0, 0.1) is 26.1 Å². The number of nitrogens with one attached hydrogen (secondary N) is 2.